The zero-order valence-corrected chi connectivity index (χ0v) is 14.5. The molecule has 134 valence electrons. The number of hydrogen-bond acceptors (Lipinski definition) is 7. The lowest BCUT2D eigenvalue weighted by Gasteiger charge is -2.39. The molecule has 0 bridgehead atoms. The summed E-state index contributed by atoms with van der Waals surface area (Å²) < 4.78 is 20.1. The minimum Gasteiger partial charge on any atom is -0.477 e. The van der Waals surface area contributed by atoms with E-state index in [4.69, 9.17) is 5.73 Å². The summed E-state index contributed by atoms with van der Waals surface area (Å²) in [5.41, 5.74) is 5.26. The summed E-state index contributed by atoms with van der Waals surface area (Å²) in [7, 11) is 0. The summed E-state index contributed by atoms with van der Waals surface area (Å²) in [6.07, 6.45) is 1.20. The predicted molar refractivity (Wildman–Crippen MR) is 94.9 cm³/mol. The Labute approximate surface area is 150 Å². The Morgan fingerprint density at radius 1 is 1.42 bits per heavy atom. The highest BCUT2D eigenvalue weighted by atomic mass is 32.1. The number of anilines is 1. The van der Waals surface area contributed by atoms with E-state index in [1.54, 1.807) is 11.8 Å². The number of nitrogens with zero attached hydrogens (tertiary/aromatic N) is 4. The minimum atomic E-state index is -1.38. The molecule has 0 radical (unpaired) electrons. The van der Waals surface area contributed by atoms with Crippen LogP contribution < -0.4 is 16.1 Å². The molecule has 4 rings (SSSR count). The molecule has 0 aliphatic carbocycles. The molecular formula is C16H14FN5O3S. The number of aromatic nitrogens is 3. The molecule has 0 amide bonds. The lowest BCUT2D eigenvalue weighted by Crippen LogP contribution is -2.56. The van der Waals surface area contributed by atoms with Gasteiger partial charge in [0.15, 0.2) is 0 Å². The average Bonchev–Trinajstić information content (AvgIpc) is 2.98. The topological polar surface area (TPSA) is 114 Å². The van der Waals surface area contributed by atoms with E-state index >= 15 is 0 Å². The van der Waals surface area contributed by atoms with E-state index in [1.807, 2.05) is 0 Å². The van der Waals surface area contributed by atoms with Crippen LogP contribution in [0.25, 0.3) is 16.0 Å². The number of nitrogens with two attached hydrogens (primary N) is 1. The first-order valence-corrected chi connectivity index (χ1v) is 8.56. The zero-order chi connectivity index (χ0) is 18.6. The fourth-order valence-corrected chi connectivity index (χ4v) is 3.65. The molecule has 0 saturated carbocycles. The van der Waals surface area contributed by atoms with Gasteiger partial charge in [0.2, 0.25) is 10.6 Å². The number of benzene rings is 1. The Bertz CT molecular complexity index is 1100. The Morgan fingerprint density at radius 2 is 2.15 bits per heavy atom. The van der Waals surface area contributed by atoms with Crippen molar-refractivity contribution in [3.05, 3.63) is 45.8 Å². The third-order valence-corrected chi connectivity index (χ3v) is 5.08. The molecule has 1 fully saturated rings. The number of halogens is 1. The number of fused-ring (bicyclic) bond motifs is 1. The van der Waals surface area contributed by atoms with Crippen molar-refractivity contribution in [3.63, 3.8) is 0 Å². The summed E-state index contributed by atoms with van der Waals surface area (Å²) >= 11 is 1.06. The van der Waals surface area contributed by atoms with Crippen molar-refractivity contribution in [3.8, 4) is 5.13 Å². The van der Waals surface area contributed by atoms with Gasteiger partial charge in [0.1, 0.15) is 17.2 Å². The normalized spacial score (nSPS) is 14.7. The Balaban J connectivity index is 2.03. The smallest absolute Gasteiger partial charge is 0.341 e. The van der Waals surface area contributed by atoms with Crippen molar-refractivity contribution < 1.29 is 14.3 Å². The van der Waals surface area contributed by atoms with Crippen molar-refractivity contribution in [2.45, 2.75) is 13.0 Å². The van der Waals surface area contributed by atoms with Gasteiger partial charge in [0.05, 0.1) is 16.6 Å². The van der Waals surface area contributed by atoms with Crippen LogP contribution in [0.1, 0.15) is 16.2 Å². The van der Waals surface area contributed by atoms with Gasteiger partial charge in [0.25, 0.3) is 0 Å². The van der Waals surface area contributed by atoms with Crippen LogP contribution in [-0.2, 0) is 0 Å². The second-order valence-corrected chi connectivity index (χ2v) is 6.89. The van der Waals surface area contributed by atoms with Crippen LogP contribution in [0.3, 0.4) is 0 Å². The molecule has 0 unspecified atom stereocenters. The zero-order valence-electron chi connectivity index (χ0n) is 13.6. The van der Waals surface area contributed by atoms with Gasteiger partial charge in [-0.3, -0.25) is 9.36 Å². The minimum absolute atomic E-state index is 0.0208. The van der Waals surface area contributed by atoms with Crippen LogP contribution in [0.15, 0.2) is 23.1 Å². The lowest BCUT2D eigenvalue weighted by molar-refractivity contribution is 0.0695. The molecule has 10 heteroatoms. The van der Waals surface area contributed by atoms with Crippen LogP contribution in [0.4, 0.5) is 10.1 Å². The lowest BCUT2D eigenvalue weighted by atomic mass is 10.1. The number of carboxylic acid groups (broad SMARTS) is 1. The van der Waals surface area contributed by atoms with Crippen LogP contribution in [0, 0.1) is 12.7 Å². The van der Waals surface area contributed by atoms with Gasteiger partial charge in [-0.25, -0.2) is 14.2 Å². The van der Waals surface area contributed by atoms with Crippen LogP contribution in [-0.4, -0.2) is 44.1 Å². The predicted octanol–water partition coefficient (Wildman–Crippen LogP) is 1.14. The maximum Gasteiger partial charge on any atom is 0.341 e. The molecule has 8 nitrogen and oxygen atoms in total. The molecule has 3 aromatic rings. The van der Waals surface area contributed by atoms with Crippen molar-refractivity contribution >= 4 is 34.1 Å². The second-order valence-electron chi connectivity index (χ2n) is 6.16. The van der Waals surface area contributed by atoms with E-state index in [9.17, 15) is 19.1 Å². The Kier molecular flexibility index (Phi) is 3.74. The van der Waals surface area contributed by atoms with Gasteiger partial charge in [-0.15, -0.1) is 0 Å². The van der Waals surface area contributed by atoms with E-state index in [0.717, 1.165) is 17.6 Å². The molecular weight excluding hydrogens is 361 g/mol. The molecule has 3 N–H and O–H groups in total. The highest BCUT2D eigenvalue weighted by Crippen LogP contribution is 2.29. The third-order valence-electron chi connectivity index (χ3n) is 4.28. The molecule has 1 aliphatic heterocycles. The standard InChI is InChI=1S/C16H14FN5O3S/c1-7-19-16(26-20-7)22-6-10(15(24)25)14(23)9-2-11(17)13(3-12(9)22)21-4-8(18)5-21/h2-3,6,8H,4-5,18H2,1H3,(H,24,25). The molecule has 1 aliphatic rings. The molecule has 26 heavy (non-hydrogen) atoms. The number of carboxylic acids is 1. The van der Waals surface area contributed by atoms with Gasteiger partial charge in [-0.2, -0.15) is 4.37 Å². The van der Waals surface area contributed by atoms with Crippen molar-refractivity contribution in [2.75, 3.05) is 18.0 Å². The fourth-order valence-electron chi connectivity index (χ4n) is 2.98. The summed E-state index contributed by atoms with van der Waals surface area (Å²) in [4.78, 5) is 30.0. The van der Waals surface area contributed by atoms with Gasteiger partial charge < -0.3 is 15.7 Å². The number of pyridine rings is 1. The van der Waals surface area contributed by atoms with E-state index in [0.29, 0.717) is 35.2 Å². The SMILES string of the molecule is Cc1nsc(-n2cc(C(=O)O)c(=O)c3cc(F)c(N4CC(N)C4)cc32)n1. The van der Waals surface area contributed by atoms with Gasteiger partial charge in [-0.05, 0) is 19.1 Å². The number of aromatic carboxylic acids is 1. The van der Waals surface area contributed by atoms with Crippen LogP contribution in [0.2, 0.25) is 0 Å². The van der Waals surface area contributed by atoms with E-state index in [-0.39, 0.29) is 11.4 Å². The summed E-state index contributed by atoms with van der Waals surface area (Å²) in [5, 5.41) is 9.70. The first-order chi connectivity index (χ1) is 12.3. The number of rotatable bonds is 3. The van der Waals surface area contributed by atoms with Crippen molar-refractivity contribution in [2.24, 2.45) is 5.73 Å². The molecule has 1 aromatic carbocycles. The van der Waals surface area contributed by atoms with Crippen molar-refractivity contribution in [1.82, 2.24) is 13.9 Å². The van der Waals surface area contributed by atoms with E-state index in [2.05, 4.69) is 9.36 Å². The molecule has 3 heterocycles. The van der Waals surface area contributed by atoms with Gasteiger partial charge >= 0.3 is 5.97 Å². The van der Waals surface area contributed by atoms with E-state index in [1.165, 1.54) is 16.8 Å². The first-order valence-electron chi connectivity index (χ1n) is 7.78. The summed E-state index contributed by atoms with van der Waals surface area (Å²) in [6, 6.07) is 2.58. The summed E-state index contributed by atoms with van der Waals surface area (Å²) in [5.74, 6) is -1.46. The van der Waals surface area contributed by atoms with Crippen LogP contribution in [0.5, 0.6) is 0 Å². The quantitative estimate of drug-likeness (QED) is 0.705. The van der Waals surface area contributed by atoms with E-state index < -0.39 is 22.8 Å². The maximum atomic E-state index is 14.6. The monoisotopic (exact) mass is 375 g/mol. The number of aryl methyl sites for hydroxylation is 1. The Hall–Kier alpha value is -2.85. The number of carbonyl (C=O) groups is 1. The first kappa shape index (κ1) is 16.6. The summed E-state index contributed by atoms with van der Waals surface area (Å²) in [6.45, 7) is 2.73. The van der Waals surface area contributed by atoms with Gasteiger partial charge in [-0.1, -0.05) is 0 Å². The van der Waals surface area contributed by atoms with Crippen molar-refractivity contribution in [1.29, 1.82) is 0 Å². The fraction of sp³-hybridized carbons (Fsp3) is 0.250. The third kappa shape index (κ3) is 2.54. The highest BCUT2D eigenvalue weighted by Gasteiger charge is 2.27. The van der Waals surface area contributed by atoms with Gasteiger partial charge in [0, 0.05) is 36.9 Å². The molecule has 0 atom stereocenters. The second kappa shape index (κ2) is 5.85. The molecule has 2 aromatic heterocycles. The number of hydrogen-bond donors (Lipinski definition) is 2. The van der Waals surface area contributed by atoms with Crippen LogP contribution >= 0.6 is 11.5 Å². The Morgan fingerprint density at radius 3 is 2.73 bits per heavy atom. The largest absolute Gasteiger partial charge is 0.477 e. The maximum absolute atomic E-state index is 14.6. The molecule has 0 spiro atoms. The highest BCUT2D eigenvalue weighted by molar-refractivity contribution is 7.08. The average molecular weight is 375 g/mol. The molecule has 1 saturated heterocycles.